The molecule has 9 heavy (non-hydrogen) atoms. The first-order chi connectivity index (χ1) is 4.33. The quantitative estimate of drug-likeness (QED) is 0.645. The van der Waals surface area contributed by atoms with E-state index in [1.165, 1.54) is 19.5 Å². The molecule has 0 bridgehead atoms. The van der Waals surface area contributed by atoms with E-state index in [0.29, 0.717) is 0 Å². The predicted molar refractivity (Wildman–Crippen MR) is 44.0 cm³/mol. The second-order valence-corrected chi connectivity index (χ2v) is 4.38. The molecule has 0 aliphatic carbocycles. The van der Waals surface area contributed by atoms with Crippen LogP contribution in [-0.4, -0.2) is 23.6 Å². The zero-order valence-electron chi connectivity index (χ0n) is 6.18. The van der Waals surface area contributed by atoms with Crippen molar-refractivity contribution in [3.05, 3.63) is 0 Å². The Morgan fingerprint density at radius 1 is 1.67 bits per heavy atom. The van der Waals surface area contributed by atoms with Crippen LogP contribution in [0.1, 0.15) is 20.3 Å². The van der Waals surface area contributed by atoms with E-state index < -0.39 is 0 Å². The molecule has 2 heteroatoms. The van der Waals surface area contributed by atoms with Gasteiger partial charge in [-0.25, -0.2) is 0 Å². The minimum atomic E-state index is 0.858. The van der Waals surface area contributed by atoms with Crippen LogP contribution in [-0.2, 0) is 0 Å². The molecule has 1 saturated heterocycles. The lowest BCUT2D eigenvalue weighted by molar-refractivity contribution is 0.541. The van der Waals surface area contributed by atoms with Crippen LogP contribution >= 0.6 is 11.8 Å². The summed E-state index contributed by atoms with van der Waals surface area (Å²) in [6.45, 7) is 7.02. The van der Waals surface area contributed by atoms with Crippen LogP contribution in [0.15, 0.2) is 0 Å². The van der Waals surface area contributed by atoms with Gasteiger partial charge in [-0.3, -0.25) is 0 Å². The summed E-state index contributed by atoms with van der Waals surface area (Å²) < 4.78 is 0. The topological polar surface area (TPSA) is 12.0 Å². The minimum Gasteiger partial charge on any atom is -0.314 e. The molecule has 1 fully saturated rings. The van der Waals surface area contributed by atoms with Gasteiger partial charge in [-0.15, -0.1) is 0 Å². The molecule has 1 aliphatic rings. The molecule has 0 radical (unpaired) electrons. The van der Waals surface area contributed by atoms with Gasteiger partial charge in [0.05, 0.1) is 0 Å². The molecule has 0 saturated carbocycles. The van der Waals surface area contributed by atoms with Crippen LogP contribution in [0.5, 0.6) is 0 Å². The zero-order valence-corrected chi connectivity index (χ0v) is 7.00. The standard InChI is InChI=1S/C7H15NS/c1-3-6(2)9-7-4-8-5-7/h6-8H,3-5H2,1-2H3. The molecule has 0 amide bonds. The molecule has 1 aliphatic heterocycles. The Morgan fingerprint density at radius 3 is 2.67 bits per heavy atom. The van der Waals surface area contributed by atoms with Crippen molar-refractivity contribution in [1.29, 1.82) is 0 Å². The maximum Gasteiger partial charge on any atom is 0.0299 e. The summed E-state index contributed by atoms with van der Waals surface area (Å²) in [5.41, 5.74) is 0. The molecule has 1 N–H and O–H groups in total. The van der Waals surface area contributed by atoms with Gasteiger partial charge < -0.3 is 5.32 Å². The fraction of sp³-hybridized carbons (Fsp3) is 1.00. The molecule has 0 aromatic carbocycles. The average Bonchev–Trinajstić information content (AvgIpc) is 1.78. The van der Waals surface area contributed by atoms with E-state index >= 15 is 0 Å². The Kier molecular flexibility index (Phi) is 2.86. The Hall–Kier alpha value is 0.310. The fourth-order valence-corrected chi connectivity index (χ4v) is 2.06. The lowest BCUT2D eigenvalue weighted by Gasteiger charge is -2.28. The number of hydrogen-bond donors (Lipinski definition) is 1. The maximum absolute atomic E-state index is 3.27. The molecular formula is C7H15NS. The molecule has 1 heterocycles. The predicted octanol–water partition coefficient (Wildman–Crippen LogP) is 1.49. The third kappa shape index (κ3) is 2.18. The van der Waals surface area contributed by atoms with Crippen molar-refractivity contribution in [2.75, 3.05) is 13.1 Å². The summed E-state index contributed by atoms with van der Waals surface area (Å²) in [5, 5.41) is 5.04. The molecule has 54 valence electrons. The van der Waals surface area contributed by atoms with E-state index in [1.807, 2.05) is 0 Å². The van der Waals surface area contributed by atoms with Gasteiger partial charge in [-0.05, 0) is 6.42 Å². The summed E-state index contributed by atoms with van der Waals surface area (Å²) in [6.07, 6.45) is 1.31. The smallest absolute Gasteiger partial charge is 0.0299 e. The van der Waals surface area contributed by atoms with Gasteiger partial charge in [0, 0.05) is 23.6 Å². The van der Waals surface area contributed by atoms with Gasteiger partial charge in [-0.1, -0.05) is 13.8 Å². The molecule has 0 aromatic rings. The summed E-state index contributed by atoms with van der Waals surface area (Å²) in [4.78, 5) is 0. The lowest BCUT2D eigenvalue weighted by atomic mass is 10.3. The van der Waals surface area contributed by atoms with Crippen molar-refractivity contribution >= 4 is 11.8 Å². The number of thioether (sulfide) groups is 1. The molecule has 0 aromatic heterocycles. The number of rotatable bonds is 3. The van der Waals surface area contributed by atoms with E-state index in [1.54, 1.807) is 0 Å². The van der Waals surface area contributed by atoms with Gasteiger partial charge >= 0.3 is 0 Å². The monoisotopic (exact) mass is 145 g/mol. The van der Waals surface area contributed by atoms with Crippen molar-refractivity contribution < 1.29 is 0 Å². The summed E-state index contributed by atoms with van der Waals surface area (Å²) in [6, 6.07) is 0. The minimum absolute atomic E-state index is 0.858. The van der Waals surface area contributed by atoms with Crippen LogP contribution in [0.3, 0.4) is 0 Å². The van der Waals surface area contributed by atoms with Crippen LogP contribution in [0.25, 0.3) is 0 Å². The van der Waals surface area contributed by atoms with Gasteiger partial charge in [0.1, 0.15) is 0 Å². The third-order valence-corrected chi connectivity index (χ3v) is 3.26. The third-order valence-electron chi connectivity index (χ3n) is 1.74. The summed E-state index contributed by atoms with van der Waals surface area (Å²) >= 11 is 2.12. The average molecular weight is 145 g/mol. The molecule has 1 unspecified atom stereocenters. The maximum atomic E-state index is 3.27. The highest BCUT2D eigenvalue weighted by molar-refractivity contribution is 8.00. The zero-order chi connectivity index (χ0) is 6.69. The molecular weight excluding hydrogens is 130 g/mol. The van der Waals surface area contributed by atoms with Crippen molar-refractivity contribution in [2.24, 2.45) is 0 Å². The van der Waals surface area contributed by atoms with Gasteiger partial charge in [0.25, 0.3) is 0 Å². The molecule has 0 spiro atoms. The van der Waals surface area contributed by atoms with Crippen LogP contribution < -0.4 is 5.32 Å². The summed E-state index contributed by atoms with van der Waals surface area (Å²) in [5.74, 6) is 0. The normalized spacial score (nSPS) is 23.3. The second kappa shape index (κ2) is 3.47. The highest BCUT2D eigenvalue weighted by Gasteiger charge is 2.18. The van der Waals surface area contributed by atoms with E-state index in [0.717, 1.165) is 10.5 Å². The van der Waals surface area contributed by atoms with Crippen molar-refractivity contribution in [3.8, 4) is 0 Å². The van der Waals surface area contributed by atoms with Crippen molar-refractivity contribution in [2.45, 2.75) is 30.8 Å². The Balaban J connectivity index is 2.01. The lowest BCUT2D eigenvalue weighted by Crippen LogP contribution is -2.45. The summed E-state index contributed by atoms with van der Waals surface area (Å²) in [7, 11) is 0. The Morgan fingerprint density at radius 2 is 2.33 bits per heavy atom. The van der Waals surface area contributed by atoms with Crippen LogP contribution in [0, 0.1) is 0 Å². The van der Waals surface area contributed by atoms with Crippen molar-refractivity contribution in [3.63, 3.8) is 0 Å². The molecule has 1 nitrogen and oxygen atoms in total. The van der Waals surface area contributed by atoms with Crippen molar-refractivity contribution in [1.82, 2.24) is 5.32 Å². The van der Waals surface area contributed by atoms with Crippen LogP contribution in [0.4, 0.5) is 0 Å². The first kappa shape index (κ1) is 7.42. The van der Waals surface area contributed by atoms with E-state index in [-0.39, 0.29) is 0 Å². The highest BCUT2D eigenvalue weighted by Crippen LogP contribution is 2.22. The number of hydrogen-bond acceptors (Lipinski definition) is 2. The van der Waals surface area contributed by atoms with E-state index in [9.17, 15) is 0 Å². The van der Waals surface area contributed by atoms with Gasteiger partial charge in [0.15, 0.2) is 0 Å². The largest absolute Gasteiger partial charge is 0.314 e. The first-order valence-corrected chi connectivity index (χ1v) is 4.63. The van der Waals surface area contributed by atoms with Gasteiger partial charge in [-0.2, -0.15) is 11.8 Å². The first-order valence-electron chi connectivity index (χ1n) is 3.69. The van der Waals surface area contributed by atoms with Crippen LogP contribution in [0.2, 0.25) is 0 Å². The van der Waals surface area contributed by atoms with Gasteiger partial charge in [0.2, 0.25) is 0 Å². The second-order valence-electron chi connectivity index (χ2n) is 2.64. The molecule has 1 atom stereocenters. The Labute approximate surface area is 61.6 Å². The van der Waals surface area contributed by atoms with E-state index in [4.69, 9.17) is 0 Å². The molecule has 1 rings (SSSR count). The highest BCUT2D eigenvalue weighted by atomic mass is 32.2. The SMILES string of the molecule is CCC(C)SC1CNC1. The number of nitrogens with one attached hydrogen (secondary N) is 1. The van der Waals surface area contributed by atoms with E-state index in [2.05, 4.69) is 30.9 Å². The fourth-order valence-electron chi connectivity index (χ4n) is 0.783. The Bertz CT molecular complexity index is 78.2.